The summed E-state index contributed by atoms with van der Waals surface area (Å²) < 4.78 is 20.4. The first kappa shape index (κ1) is 21.4. The highest BCUT2D eigenvalue weighted by atomic mass is 19.1. The molecule has 1 saturated heterocycles. The van der Waals surface area contributed by atoms with Gasteiger partial charge in [-0.15, -0.1) is 0 Å². The number of ether oxygens (including phenoxy) is 1. The topological polar surface area (TPSA) is 60.2 Å². The predicted molar refractivity (Wildman–Crippen MR) is 119 cm³/mol. The van der Waals surface area contributed by atoms with E-state index in [0.717, 1.165) is 61.9 Å². The Morgan fingerprint density at radius 3 is 2.68 bits per heavy atom. The first-order chi connectivity index (χ1) is 15.0. The van der Waals surface area contributed by atoms with Crippen molar-refractivity contribution >= 4 is 11.0 Å². The van der Waals surface area contributed by atoms with Crippen molar-refractivity contribution in [2.45, 2.75) is 39.2 Å². The molecular weight excluding hydrogens is 395 g/mol. The van der Waals surface area contributed by atoms with Gasteiger partial charge in [0.05, 0.1) is 24.3 Å². The van der Waals surface area contributed by atoms with Crippen molar-refractivity contribution in [1.82, 2.24) is 19.4 Å². The number of nitrogens with zero attached hydrogens (tertiary/aromatic N) is 4. The molecule has 0 spiro atoms. The summed E-state index contributed by atoms with van der Waals surface area (Å²) in [6.45, 7) is 5.30. The van der Waals surface area contributed by atoms with Gasteiger partial charge >= 0.3 is 0 Å². The SMILES string of the molecule is COc1cnc2ccc(=O)n(CCN3CCC(CCc4cnc(F)c(C)c4)CC3)c2c1. The third-order valence-corrected chi connectivity index (χ3v) is 6.31. The van der Waals surface area contributed by atoms with Crippen molar-refractivity contribution in [3.63, 3.8) is 0 Å². The number of fused-ring (bicyclic) bond motifs is 1. The molecule has 0 unspecified atom stereocenters. The van der Waals surface area contributed by atoms with Crippen molar-refractivity contribution in [3.05, 3.63) is 64.1 Å². The molecule has 0 amide bonds. The standard InChI is InChI=1S/C24H29FN4O2/c1-17-13-19(15-27-24(17)25)4-3-18-7-9-28(10-8-18)11-12-29-22-14-20(31-2)16-26-21(22)5-6-23(29)30/h5-6,13-16,18H,3-4,7-12H2,1-2H3. The van der Waals surface area contributed by atoms with Crippen LogP contribution in [0.3, 0.4) is 0 Å². The van der Waals surface area contributed by atoms with Crippen LogP contribution in [-0.4, -0.2) is 46.2 Å². The highest BCUT2D eigenvalue weighted by Crippen LogP contribution is 2.23. The van der Waals surface area contributed by atoms with Crippen LogP contribution in [0.5, 0.6) is 5.75 Å². The molecular formula is C24H29FN4O2. The number of rotatable bonds is 7. The maximum absolute atomic E-state index is 13.3. The smallest absolute Gasteiger partial charge is 0.251 e. The highest BCUT2D eigenvalue weighted by Gasteiger charge is 2.19. The summed E-state index contributed by atoms with van der Waals surface area (Å²) in [7, 11) is 1.60. The lowest BCUT2D eigenvalue weighted by molar-refractivity contribution is 0.174. The number of hydrogen-bond acceptors (Lipinski definition) is 5. The van der Waals surface area contributed by atoms with Gasteiger partial charge in [-0.25, -0.2) is 4.98 Å². The van der Waals surface area contributed by atoms with Crippen molar-refractivity contribution < 1.29 is 9.13 Å². The number of piperidine rings is 1. The van der Waals surface area contributed by atoms with Gasteiger partial charge < -0.3 is 14.2 Å². The fraction of sp³-hybridized carbons (Fsp3) is 0.458. The van der Waals surface area contributed by atoms with Crippen LogP contribution in [0.4, 0.5) is 4.39 Å². The van der Waals surface area contributed by atoms with Crippen LogP contribution < -0.4 is 10.3 Å². The molecule has 0 bridgehead atoms. The average molecular weight is 425 g/mol. The number of methoxy groups -OCH3 is 1. The molecule has 0 aromatic carbocycles. The van der Waals surface area contributed by atoms with Crippen LogP contribution in [0.25, 0.3) is 11.0 Å². The molecule has 4 heterocycles. The zero-order chi connectivity index (χ0) is 21.8. The summed E-state index contributed by atoms with van der Waals surface area (Å²) in [6.07, 6.45) is 7.67. The Labute approximate surface area is 181 Å². The summed E-state index contributed by atoms with van der Waals surface area (Å²) in [6, 6.07) is 7.13. The summed E-state index contributed by atoms with van der Waals surface area (Å²) in [5.41, 5.74) is 3.32. The van der Waals surface area contributed by atoms with E-state index >= 15 is 0 Å². The van der Waals surface area contributed by atoms with Gasteiger partial charge in [0, 0.05) is 37.0 Å². The molecule has 0 aliphatic carbocycles. The van der Waals surface area contributed by atoms with Crippen molar-refractivity contribution in [2.24, 2.45) is 5.92 Å². The van der Waals surface area contributed by atoms with Gasteiger partial charge in [0.1, 0.15) is 5.75 Å². The van der Waals surface area contributed by atoms with Crippen LogP contribution in [0.1, 0.15) is 30.4 Å². The molecule has 0 radical (unpaired) electrons. The van der Waals surface area contributed by atoms with Crippen LogP contribution in [-0.2, 0) is 13.0 Å². The van der Waals surface area contributed by atoms with Crippen molar-refractivity contribution in [2.75, 3.05) is 26.7 Å². The summed E-state index contributed by atoms with van der Waals surface area (Å²) in [5, 5.41) is 0. The summed E-state index contributed by atoms with van der Waals surface area (Å²) >= 11 is 0. The first-order valence-corrected chi connectivity index (χ1v) is 10.9. The van der Waals surface area contributed by atoms with E-state index in [9.17, 15) is 9.18 Å². The molecule has 7 heteroatoms. The van der Waals surface area contributed by atoms with Gasteiger partial charge in [0.25, 0.3) is 5.56 Å². The molecule has 0 atom stereocenters. The third-order valence-electron chi connectivity index (χ3n) is 6.31. The first-order valence-electron chi connectivity index (χ1n) is 10.9. The maximum atomic E-state index is 13.3. The van der Waals surface area contributed by atoms with Gasteiger partial charge in [-0.3, -0.25) is 9.78 Å². The zero-order valence-electron chi connectivity index (χ0n) is 18.2. The van der Waals surface area contributed by atoms with Crippen LogP contribution in [0.15, 0.2) is 41.5 Å². The summed E-state index contributed by atoms with van der Waals surface area (Å²) in [5.74, 6) is 0.950. The molecule has 1 aliphatic rings. The normalized spacial score (nSPS) is 15.5. The number of pyridine rings is 3. The van der Waals surface area contributed by atoms with Crippen LogP contribution in [0, 0.1) is 18.8 Å². The molecule has 0 N–H and O–H groups in total. The second-order valence-electron chi connectivity index (χ2n) is 8.38. The number of hydrogen-bond donors (Lipinski definition) is 0. The quantitative estimate of drug-likeness (QED) is 0.543. The number of likely N-dealkylation sites (tertiary alicyclic amines) is 1. The van der Waals surface area contributed by atoms with E-state index in [0.29, 0.717) is 23.8 Å². The van der Waals surface area contributed by atoms with Gasteiger partial charge in [-0.05, 0) is 63.2 Å². The van der Waals surface area contributed by atoms with Crippen LogP contribution in [0.2, 0.25) is 0 Å². The highest BCUT2D eigenvalue weighted by molar-refractivity contribution is 5.75. The van der Waals surface area contributed by atoms with Gasteiger partial charge in [0.15, 0.2) is 0 Å². The maximum Gasteiger partial charge on any atom is 0.251 e. The summed E-state index contributed by atoms with van der Waals surface area (Å²) in [4.78, 5) is 23.1. The minimum absolute atomic E-state index is 0.0133. The number of aryl methyl sites for hydroxylation is 2. The lowest BCUT2D eigenvalue weighted by Gasteiger charge is -2.32. The van der Waals surface area contributed by atoms with Crippen molar-refractivity contribution in [3.8, 4) is 5.75 Å². The van der Waals surface area contributed by atoms with E-state index < -0.39 is 0 Å². The second kappa shape index (κ2) is 9.56. The third kappa shape index (κ3) is 5.10. The molecule has 31 heavy (non-hydrogen) atoms. The molecule has 164 valence electrons. The Kier molecular flexibility index (Phi) is 6.61. The molecule has 1 fully saturated rings. The molecule has 1 aliphatic heterocycles. The fourth-order valence-corrected chi connectivity index (χ4v) is 4.36. The van der Waals surface area contributed by atoms with Gasteiger partial charge in [-0.2, -0.15) is 4.39 Å². The molecule has 0 saturated carbocycles. The van der Waals surface area contributed by atoms with E-state index in [1.165, 1.54) is 0 Å². The Morgan fingerprint density at radius 2 is 1.94 bits per heavy atom. The zero-order valence-corrected chi connectivity index (χ0v) is 18.2. The number of aromatic nitrogens is 3. The van der Waals surface area contributed by atoms with E-state index in [-0.39, 0.29) is 11.5 Å². The fourth-order valence-electron chi connectivity index (χ4n) is 4.36. The van der Waals surface area contributed by atoms with Gasteiger partial charge in [-0.1, -0.05) is 6.07 Å². The minimum Gasteiger partial charge on any atom is -0.495 e. The lowest BCUT2D eigenvalue weighted by atomic mass is 9.90. The lowest BCUT2D eigenvalue weighted by Crippen LogP contribution is -2.37. The second-order valence-corrected chi connectivity index (χ2v) is 8.38. The van der Waals surface area contributed by atoms with E-state index in [2.05, 4.69) is 14.9 Å². The Bertz CT molecular complexity index is 1110. The van der Waals surface area contributed by atoms with E-state index in [1.807, 2.05) is 12.1 Å². The Morgan fingerprint density at radius 1 is 1.13 bits per heavy atom. The van der Waals surface area contributed by atoms with Crippen molar-refractivity contribution in [1.29, 1.82) is 0 Å². The monoisotopic (exact) mass is 424 g/mol. The predicted octanol–water partition coefficient (Wildman–Crippen LogP) is 3.59. The molecule has 3 aromatic heterocycles. The largest absolute Gasteiger partial charge is 0.495 e. The Hall–Kier alpha value is -2.80. The average Bonchev–Trinajstić information content (AvgIpc) is 2.79. The Balaban J connectivity index is 1.31. The minimum atomic E-state index is -0.378. The number of halogens is 1. The van der Waals surface area contributed by atoms with Crippen LogP contribution >= 0.6 is 0 Å². The molecule has 3 aromatic rings. The van der Waals surface area contributed by atoms with E-state index in [4.69, 9.17) is 4.74 Å². The molecule has 4 rings (SSSR count). The van der Waals surface area contributed by atoms with Gasteiger partial charge in [0.2, 0.25) is 5.95 Å². The molecule has 6 nitrogen and oxygen atoms in total. The van der Waals surface area contributed by atoms with E-state index in [1.54, 1.807) is 43.1 Å².